The molecule has 2 nitrogen and oxygen atoms in total. The van der Waals surface area contributed by atoms with Crippen LogP contribution in [0.2, 0.25) is 0 Å². The van der Waals surface area contributed by atoms with Gasteiger partial charge in [0.1, 0.15) is 13.3 Å². The second-order valence-corrected chi connectivity index (χ2v) is 1.54. The van der Waals surface area contributed by atoms with Crippen LogP contribution < -0.4 is 0 Å². The Balaban J connectivity index is 2.80. The van der Waals surface area contributed by atoms with E-state index < -0.39 is 0 Å². The molecule has 8 heavy (non-hydrogen) atoms. The molecule has 1 radical (unpaired) electrons. The van der Waals surface area contributed by atoms with Gasteiger partial charge in [0.05, 0.1) is 0 Å². The van der Waals surface area contributed by atoms with Crippen molar-refractivity contribution in [2.75, 3.05) is 7.11 Å². The molecule has 47 valence electrons. The van der Waals surface area contributed by atoms with Gasteiger partial charge in [-0.1, -0.05) is 18.5 Å². The van der Waals surface area contributed by atoms with Crippen LogP contribution in [-0.2, 0) is 4.84 Å². The summed E-state index contributed by atoms with van der Waals surface area (Å²) < 4.78 is 0. The summed E-state index contributed by atoms with van der Waals surface area (Å²) in [5.41, 5.74) is 0. The van der Waals surface area contributed by atoms with Gasteiger partial charge in [-0.3, -0.25) is 0 Å². The van der Waals surface area contributed by atoms with Crippen LogP contribution in [0.1, 0.15) is 26.2 Å². The van der Waals surface area contributed by atoms with Crippen LogP contribution >= 0.6 is 0 Å². The normalized spacial score (nSPS) is 10.2. The molecule has 0 aromatic rings. The molecule has 0 heterocycles. The third-order valence-electron chi connectivity index (χ3n) is 0.798. The highest BCUT2D eigenvalue weighted by atomic mass is 16.6. The van der Waals surface area contributed by atoms with E-state index in [-0.39, 0.29) is 0 Å². The van der Waals surface area contributed by atoms with Crippen molar-refractivity contribution in [3.05, 3.63) is 0 Å². The molecule has 0 spiro atoms. The van der Waals surface area contributed by atoms with E-state index in [2.05, 4.69) is 23.1 Å². The summed E-state index contributed by atoms with van der Waals surface area (Å²) in [6, 6.07) is 0. The molecule has 2 heteroatoms. The third-order valence-corrected chi connectivity index (χ3v) is 0.798. The van der Waals surface area contributed by atoms with Gasteiger partial charge in [-0.2, -0.15) is 0 Å². The van der Waals surface area contributed by atoms with Gasteiger partial charge >= 0.3 is 0 Å². The average molecular weight is 114 g/mol. The third kappa shape index (κ3) is 5.47. The predicted octanol–water partition coefficient (Wildman–Crippen LogP) is 1.69. The molecule has 0 saturated heterocycles. The number of rotatable bonds is 4. The minimum Gasteiger partial charge on any atom is -0.399 e. The van der Waals surface area contributed by atoms with Crippen molar-refractivity contribution in [2.24, 2.45) is 5.16 Å². The topological polar surface area (TPSA) is 21.6 Å². The predicted molar refractivity (Wildman–Crippen MR) is 34.0 cm³/mol. The van der Waals surface area contributed by atoms with E-state index in [1.165, 1.54) is 13.5 Å². The van der Waals surface area contributed by atoms with Crippen LogP contribution in [0.25, 0.3) is 0 Å². The van der Waals surface area contributed by atoms with Gasteiger partial charge in [-0.15, -0.1) is 0 Å². The lowest BCUT2D eigenvalue weighted by Crippen LogP contribution is -1.75. The zero-order valence-corrected chi connectivity index (χ0v) is 5.48. The van der Waals surface area contributed by atoms with Crippen molar-refractivity contribution >= 4 is 6.21 Å². The molecule has 0 aliphatic carbocycles. The summed E-state index contributed by atoms with van der Waals surface area (Å²) in [7, 11) is 1.53. The Morgan fingerprint density at radius 3 is 2.88 bits per heavy atom. The Labute approximate surface area is 50.5 Å². The van der Waals surface area contributed by atoms with Crippen molar-refractivity contribution < 1.29 is 4.84 Å². The largest absolute Gasteiger partial charge is 0.399 e. The molecular weight excluding hydrogens is 102 g/mol. The molecule has 0 fully saturated rings. The average Bonchev–Trinajstić information content (AvgIpc) is 1.81. The molecule has 0 aliphatic heterocycles. The van der Waals surface area contributed by atoms with Crippen LogP contribution in [0.4, 0.5) is 0 Å². The molecule has 0 amide bonds. The Morgan fingerprint density at radius 2 is 2.38 bits per heavy atom. The summed E-state index contributed by atoms with van der Waals surface area (Å²) in [6.45, 7) is 2.13. The lowest BCUT2D eigenvalue weighted by Gasteiger charge is -1.84. The van der Waals surface area contributed by atoms with Crippen LogP contribution in [0.3, 0.4) is 0 Å². The highest BCUT2D eigenvalue weighted by Gasteiger charge is 1.77. The van der Waals surface area contributed by atoms with Crippen LogP contribution in [-0.4, -0.2) is 13.3 Å². The van der Waals surface area contributed by atoms with E-state index in [1.807, 2.05) is 0 Å². The first-order valence-electron chi connectivity index (χ1n) is 2.88. The van der Waals surface area contributed by atoms with Gasteiger partial charge in [0.25, 0.3) is 0 Å². The maximum Gasteiger partial charge on any atom is 0.106 e. The molecular formula is C6H12NO. The SMILES string of the molecule is CCCC/[C]=N/OC. The Kier molecular flexibility index (Phi) is 6.04. The minimum atomic E-state index is 0.907. The minimum absolute atomic E-state index is 0.907. The fourth-order valence-electron chi connectivity index (χ4n) is 0.366. The summed E-state index contributed by atoms with van der Waals surface area (Å²) >= 11 is 0. The fourth-order valence-corrected chi connectivity index (χ4v) is 0.366. The monoisotopic (exact) mass is 114 g/mol. The molecule has 0 atom stereocenters. The summed E-state index contributed by atoms with van der Waals surface area (Å²) in [6.07, 6.45) is 5.98. The summed E-state index contributed by atoms with van der Waals surface area (Å²) in [5, 5.41) is 3.46. The van der Waals surface area contributed by atoms with Crippen molar-refractivity contribution in [3.8, 4) is 0 Å². The quantitative estimate of drug-likeness (QED) is 0.309. The van der Waals surface area contributed by atoms with Gasteiger partial charge in [0, 0.05) is 0 Å². The second kappa shape index (κ2) is 6.47. The van der Waals surface area contributed by atoms with E-state index in [0.29, 0.717) is 0 Å². The zero-order chi connectivity index (χ0) is 6.24. The first-order valence-corrected chi connectivity index (χ1v) is 2.88. The molecule has 0 saturated carbocycles. The highest BCUT2D eigenvalue weighted by Crippen LogP contribution is 1.89. The highest BCUT2D eigenvalue weighted by molar-refractivity contribution is 5.55. The number of hydrogen-bond acceptors (Lipinski definition) is 2. The Bertz CT molecular complexity index is 61.5. The van der Waals surface area contributed by atoms with Crippen LogP contribution in [0, 0.1) is 0 Å². The molecule has 0 rings (SSSR count). The maximum absolute atomic E-state index is 4.40. The first kappa shape index (κ1) is 7.47. The smallest absolute Gasteiger partial charge is 0.106 e. The second-order valence-electron chi connectivity index (χ2n) is 1.54. The standard InChI is InChI=1S/C6H12NO/c1-3-4-5-6-7-8-2/h3-5H2,1-2H3. The first-order chi connectivity index (χ1) is 3.91. The lowest BCUT2D eigenvalue weighted by molar-refractivity contribution is 0.214. The van der Waals surface area contributed by atoms with Gasteiger partial charge in [0.2, 0.25) is 0 Å². The van der Waals surface area contributed by atoms with Crippen LogP contribution in [0.15, 0.2) is 5.16 Å². The maximum atomic E-state index is 4.40. The van der Waals surface area contributed by atoms with E-state index in [9.17, 15) is 0 Å². The van der Waals surface area contributed by atoms with Crippen LogP contribution in [0.5, 0.6) is 0 Å². The molecule has 0 aliphatic rings. The molecule has 0 unspecified atom stereocenters. The molecule has 0 aromatic heterocycles. The number of hydrogen-bond donors (Lipinski definition) is 0. The molecule has 0 aromatic carbocycles. The fraction of sp³-hybridized carbons (Fsp3) is 0.833. The van der Waals surface area contributed by atoms with Crippen molar-refractivity contribution in [2.45, 2.75) is 26.2 Å². The van der Waals surface area contributed by atoms with Gasteiger partial charge in [0.15, 0.2) is 0 Å². The Morgan fingerprint density at radius 1 is 1.62 bits per heavy atom. The lowest BCUT2D eigenvalue weighted by atomic mass is 10.3. The van der Waals surface area contributed by atoms with Crippen molar-refractivity contribution in [3.63, 3.8) is 0 Å². The van der Waals surface area contributed by atoms with Crippen molar-refractivity contribution in [1.29, 1.82) is 0 Å². The zero-order valence-electron chi connectivity index (χ0n) is 5.48. The van der Waals surface area contributed by atoms with Crippen molar-refractivity contribution in [1.82, 2.24) is 0 Å². The summed E-state index contributed by atoms with van der Waals surface area (Å²) in [5.74, 6) is 0. The van der Waals surface area contributed by atoms with E-state index in [4.69, 9.17) is 0 Å². The van der Waals surface area contributed by atoms with E-state index in [0.717, 1.165) is 12.8 Å². The van der Waals surface area contributed by atoms with E-state index in [1.54, 1.807) is 0 Å². The van der Waals surface area contributed by atoms with E-state index >= 15 is 0 Å². The Hall–Kier alpha value is -0.530. The summed E-state index contributed by atoms with van der Waals surface area (Å²) in [4.78, 5) is 4.40. The molecule has 0 N–H and O–H groups in total. The number of nitrogens with zero attached hydrogens (tertiary/aromatic N) is 1. The van der Waals surface area contributed by atoms with Gasteiger partial charge < -0.3 is 4.84 Å². The van der Waals surface area contributed by atoms with Gasteiger partial charge in [-0.25, -0.2) is 0 Å². The molecule has 0 bridgehead atoms. The van der Waals surface area contributed by atoms with Gasteiger partial charge in [-0.05, 0) is 12.8 Å². The number of unbranched alkanes of at least 4 members (excludes halogenated alkanes) is 2.